The van der Waals surface area contributed by atoms with Crippen LogP contribution in [0.1, 0.15) is 12.5 Å². The summed E-state index contributed by atoms with van der Waals surface area (Å²) in [5, 5.41) is 9.02. The van der Waals surface area contributed by atoms with Crippen LogP contribution in [-0.4, -0.2) is 41.7 Å². The molecule has 2 rings (SSSR count). The van der Waals surface area contributed by atoms with Crippen LogP contribution in [-0.2, 0) is 11.2 Å². The average Bonchev–Trinajstić information content (AvgIpc) is 2.78. The fourth-order valence-corrected chi connectivity index (χ4v) is 1.92. The van der Waals surface area contributed by atoms with Crippen molar-refractivity contribution >= 4 is 5.91 Å². The highest BCUT2D eigenvalue weighted by molar-refractivity contribution is 5.82. The Labute approximate surface area is 105 Å². The van der Waals surface area contributed by atoms with Gasteiger partial charge in [0.25, 0.3) is 5.91 Å². The molecular weight excluding hydrogens is 237 g/mol. The maximum absolute atomic E-state index is 13.0. The Morgan fingerprint density at radius 2 is 2.39 bits per heavy atom. The molecule has 1 heterocycles. The first-order valence-corrected chi connectivity index (χ1v) is 5.85. The topological polar surface area (TPSA) is 49.8 Å². The van der Waals surface area contributed by atoms with Gasteiger partial charge in [-0.3, -0.25) is 4.79 Å². The van der Waals surface area contributed by atoms with E-state index in [9.17, 15) is 9.18 Å². The average molecular weight is 253 g/mol. The molecule has 0 aromatic heterocycles. The van der Waals surface area contributed by atoms with Crippen LogP contribution in [0.3, 0.4) is 0 Å². The minimum absolute atomic E-state index is 0.101. The number of amides is 1. The van der Waals surface area contributed by atoms with Gasteiger partial charge in [-0.1, -0.05) is 0 Å². The van der Waals surface area contributed by atoms with Crippen molar-refractivity contribution in [1.82, 2.24) is 4.90 Å². The van der Waals surface area contributed by atoms with E-state index in [2.05, 4.69) is 0 Å². The first-order valence-electron chi connectivity index (χ1n) is 5.85. The molecule has 18 heavy (non-hydrogen) atoms. The number of hydrogen-bond donors (Lipinski definition) is 1. The zero-order chi connectivity index (χ0) is 13.3. The summed E-state index contributed by atoms with van der Waals surface area (Å²) >= 11 is 0. The van der Waals surface area contributed by atoms with Gasteiger partial charge in [-0.25, -0.2) is 4.39 Å². The Kier molecular flexibility index (Phi) is 3.52. The van der Waals surface area contributed by atoms with Crippen LogP contribution in [0.5, 0.6) is 5.75 Å². The number of fused-ring (bicyclic) bond motifs is 1. The van der Waals surface area contributed by atoms with E-state index in [1.54, 1.807) is 14.0 Å². The highest BCUT2D eigenvalue weighted by atomic mass is 19.1. The first-order chi connectivity index (χ1) is 8.52. The Hall–Kier alpha value is -1.62. The van der Waals surface area contributed by atoms with E-state index >= 15 is 0 Å². The Balaban J connectivity index is 2.09. The molecule has 1 aliphatic rings. The van der Waals surface area contributed by atoms with Crippen LogP contribution in [0.15, 0.2) is 18.2 Å². The molecule has 1 aromatic rings. The van der Waals surface area contributed by atoms with Crippen molar-refractivity contribution in [2.24, 2.45) is 0 Å². The van der Waals surface area contributed by atoms with Crippen molar-refractivity contribution in [1.29, 1.82) is 0 Å². The summed E-state index contributed by atoms with van der Waals surface area (Å²) in [6.07, 6.45) is -0.255. The lowest BCUT2D eigenvalue weighted by molar-refractivity contribution is -0.139. The van der Waals surface area contributed by atoms with Gasteiger partial charge in [0, 0.05) is 19.0 Å². The molecule has 4 nitrogen and oxygen atoms in total. The molecule has 0 saturated heterocycles. The van der Waals surface area contributed by atoms with Crippen molar-refractivity contribution in [3.63, 3.8) is 0 Å². The van der Waals surface area contributed by atoms with Gasteiger partial charge < -0.3 is 14.7 Å². The number of ether oxygens (including phenoxy) is 1. The summed E-state index contributed by atoms with van der Waals surface area (Å²) in [4.78, 5) is 13.5. The second kappa shape index (κ2) is 4.94. The van der Waals surface area contributed by atoms with Gasteiger partial charge >= 0.3 is 0 Å². The number of hydrogen-bond acceptors (Lipinski definition) is 3. The van der Waals surface area contributed by atoms with Gasteiger partial charge in [0.05, 0.1) is 12.6 Å². The van der Waals surface area contributed by atoms with Crippen LogP contribution >= 0.6 is 0 Å². The zero-order valence-electron chi connectivity index (χ0n) is 10.4. The molecule has 1 N–H and O–H groups in total. The zero-order valence-corrected chi connectivity index (χ0v) is 10.4. The van der Waals surface area contributed by atoms with Crippen molar-refractivity contribution < 1.29 is 19.0 Å². The van der Waals surface area contributed by atoms with E-state index in [0.717, 1.165) is 0 Å². The van der Waals surface area contributed by atoms with E-state index in [4.69, 9.17) is 9.84 Å². The molecule has 98 valence electrons. The minimum Gasteiger partial charge on any atom is -0.480 e. The number of aliphatic hydroxyl groups is 1. The molecule has 1 aliphatic heterocycles. The third kappa shape index (κ3) is 2.31. The molecule has 0 bridgehead atoms. The smallest absolute Gasteiger partial charge is 0.264 e. The Bertz CT molecular complexity index is 464. The van der Waals surface area contributed by atoms with Gasteiger partial charge in [-0.2, -0.15) is 0 Å². The SMILES string of the molecule is CC(CO)N(C)C(=O)C1Cc2cc(F)ccc2O1. The minimum atomic E-state index is -0.624. The van der Waals surface area contributed by atoms with Crippen molar-refractivity contribution in [3.8, 4) is 5.75 Å². The number of carbonyl (C=O) groups excluding carboxylic acids is 1. The summed E-state index contributed by atoms with van der Waals surface area (Å²) in [5.41, 5.74) is 0.707. The largest absolute Gasteiger partial charge is 0.480 e. The first kappa shape index (κ1) is 12.8. The van der Waals surface area contributed by atoms with Gasteiger partial charge in [0.1, 0.15) is 11.6 Å². The summed E-state index contributed by atoms with van der Waals surface area (Å²) in [7, 11) is 1.62. The standard InChI is InChI=1S/C13H16FNO3/c1-8(7-16)15(2)13(17)12-6-9-5-10(14)3-4-11(9)18-12/h3-5,8,12,16H,6-7H2,1-2H3. The molecule has 0 spiro atoms. The monoisotopic (exact) mass is 253 g/mol. The molecule has 2 atom stereocenters. The van der Waals surface area contributed by atoms with Gasteiger partial charge in [0.15, 0.2) is 6.10 Å². The van der Waals surface area contributed by atoms with Gasteiger partial charge in [-0.05, 0) is 25.1 Å². The van der Waals surface area contributed by atoms with Crippen molar-refractivity contribution in [3.05, 3.63) is 29.6 Å². The predicted octanol–water partition coefficient (Wildman–Crippen LogP) is 0.968. The summed E-state index contributed by atoms with van der Waals surface area (Å²) < 4.78 is 18.5. The fourth-order valence-electron chi connectivity index (χ4n) is 1.92. The van der Waals surface area contributed by atoms with Crippen molar-refractivity contribution in [2.75, 3.05) is 13.7 Å². The molecular formula is C13H16FNO3. The number of halogens is 1. The van der Waals surface area contributed by atoms with E-state index < -0.39 is 6.10 Å². The maximum Gasteiger partial charge on any atom is 0.264 e. The third-order valence-electron chi connectivity index (χ3n) is 3.25. The predicted molar refractivity (Wildman–Crippen MR) is 63.8 cm³/mol. The Morgan fingerprint density at radius 3 is 3.06 bits per heavy atom. The van der Waals surface area contributed by atoms with E-state index in [-0.39, 0.29) is 24.4 Å². The number of likely N-dealkylation sites (N-methyl/N-ethyl adjacent to an activating group) is 1. The lowest BCUT2D eigenvalue weighted by atomic mass is 10.1. The number of carbonyl (C=O) groups is 1. The molecule has 0 fully saturated rings. The molecule has 1 amide bonds. The van der Waals surface area contributed by atoms with Crippen LogP contribution in [0, 0.1) is 5.82 Å². The second-order valence-corrected chi connectivity index (χ2v) is 4.54. The number of aliphatic hydroxyl groups excluding tert-OH is 1. The lowest BCUT2D eigenvalue weighted by Crippen LogP contribution is -2.44. The molecule has 0 aliphatic carbocycles. The van der Waals surface area contributed by atoms with Crippen molar-refractivity contribution in [2.45, 2.75) is 25.5 Å². The number of rotatable bonds is 3. The molecule has 5 heteroatoms. The third-order valence-corrected chi connectivity index (χ3v) is 3.25. The quantitative estimate of drug-likeness (QED) is 0.873. The normalized spacial score (nSPS) is 19.0. The molecule has 2 unspecified atom stereocenters. The summed E-state index contributed by atoms with van der Waals surface area (Å²) in [5.74, 6) is 0.0236. The highest BCUT2D eigenvalue weighted by Gasteiger charge is 2.32. The fraction of sp³-hybridized carbons (Fsp3) is 0.462. The van der Waals surface area contributed by atoms with Crippen LogP contribution in [0.2, 0.25) is 0 Å². The maximum atomic E-state index is 13.0. The van der Waals surface area contributed by atoms with E-state index in [1.807, 2.05) is 0 Å². The second-order valence-electron chi connectivity index (χ2n) is 4.54. The number of benzene rings is 1. The lowest BCUT2D eigenvalue weighted by Gasteiger charge is -2.25. The van der Waals surface area contributed by atoms with Crippen LogP contribution in [0.25, 0.3) is 0 Å². The summed E-state index contributed by atoms with van der Waals surface area (Å²) in [6, 6.07) is 3.97. The highest BCUT2D eigenvalue weighted by Crippen LogP contribution is 2.30. The summed E-state index contributed by atoms with van der Waals surface area (Å²) in [6.45, 7) is 1.65. The number of nitrogens with zero attached hydrogens (tertiary/aromatic N) is 1. The van der Waals surface area contributed by atoms with Gasteiger partial charge in [-0.15, -0.1) is 0 Å². The Morgan fingerprint density at radius 1 is 1.67 bits per heavy atom. The molecule has 0 radical (unpaired) electrons. The van der Waals surface area contributed by atoms with Crippen LogP contribution < -0.4 is 4.74 Å². The van der Waals surface area contributed by atoms with Gasteiger partial charge in [0.2, 0.25) is 0 Å². The van der Waals surface area contributed by atoms with E-state index in [1.165, 1.54) is 23.1 Å². The molecule has 1 aromatic carbocycles. The molecule has 0 saturated carbocycles. The van der Waals surface area contributed by atoms with Crippen LogP contribution in [0.4, 0.5) is 4.39 Å². The van der Waals surface area contributed by atoms with E-state index in [0.29, 0.717) is 17.7 Å².